The molecule has 2 atom stereocenters. The molecule has 112 valence electrons. The van der Waals surface area contributed by atoms with Gasteiger partial charge in [0.2, 0.25) is 21.5 Å². The molecule has 0 saturated carbocycles. The van der Waals surface area contributed by atoms with Gasteiger partial charge >= 0.3 is 0 Å². The zero-order valence-corrected chi connectivity index (χ0v) is 12.6. The lowest BCUT2D eigenvalue weighted by molar-refractivity contribution is 0.0728. The Morgan fingerprint density at radius 3 is 2.41 bits per heavy atom. The minimum absolute atomic E-state index is 0.0374. The number of nitrogens with zero attached hydrogens (tertiary/aromatic N) is 1. The van der Waals surface area contributed by atoms with E-state index >= 15 is 0 Å². The molecule has 1 saturated heterocycles. The quantitative estimate of drug-likeness (QED) is 0.755. The van der Waals surface area contributed by atoms with Gasteiger partial charge in [0.25, 0.3) is 0 Å². The Bertz CT molecular complexity index is 878. The van der Waals surface area contributed by atoms with Crippen LogP contribution in [0.2, 0.25) is 0 Å². The van der Waals surface area contributed by atoms with Gasteiger partial charge in [-0.15, -0.1) is 0 Å². The molecule has 22 heavy (non-hydrogen) atoms. The molecule has 2 aromatic carbocycles. The minimum atomic E-state index is -3.75. The zero-order valence-electron chi connectivity index (χ0n) is 11.8. The second kappa shape index (κ2) is 4.25. The summed E-state index contributed by atoms with van der Waals surface area (Å²) in [4.78, 5) is 12.9. The number of rotatable bonds is 1. The van der Waals surface area contributed by atoms with E-state index in [0.717, 1.165) is 9.87 Å². The van der Waals surface area contributed by atoms with Crippen LogP contribution in [-0.2, 0) is 14.8 Å². The highest BCUT2D eigenvalue weighted by molar-refractivity contribution is 7.89. The molecule has 2 aliphatic heterocycles. The Kier molecular flexibility index (Phi) is 2.64. The van der Waals surface area contributed by atoms with E-state index in [9.17, 15) is 13.2 Å². The molecular formula is C16H13NO4S. The summed E-state index contributed by atoms with van der Waals surface area (Å²) in [5.74, 6) is -0.311. The molecule has 6 heteroatoms. The van der Waals surface area contributed by atoms with Gasteiger partial charge in [-0.25, -0.2) is 8.42 Å². The summed E-state index contributed by atoms with van der Waals surface area (Å²) < 4.78 is 32.1. The molecule has 0 radical (unpaired) electrons. The first-order valence-corrected chi connectivity index (χ1v) is 8.29. The number of fused-ring (bicyclic) bond motifs is 1. The van der Waals surface area contributed by atoms with E-state index in [-0.39, 0.29) is 16.2 Å². The van der Waals surface area contributed by atoms with Gasteiger partial charge < -0.3 is 4.74 Å². The fraction of sp³-hybridized carbons (Fsp3) is 0.188. The van der Waals surface area contributed by atoms with Crippen LogP contribution in [-0.4, -0.2) is 31.3 Å². The highest BCUT2D eigenvalue weighted by Gasteiger charge is 2.71. The lowest BCUT2D eigenvalue weighted by atomic mass is 9.97. The smallest absolute Gasteiger partial charge is 0.246 e. The van der Waals surface area contributed by atoms with Crippen molar-refractivity contribution in [2.45, 2.75) is 16.7 Å². The Morgan fingerprint density at radius 2 is 1.68 bits per heavy atom. The number of ether oxygens (including phenoxy) is 1. The number of ketones is 1. The number of carbonyl (C=O) groups is 1. The van der Waals surface area contributed by atoms with E-state index in [1.165, 1.54) is 19.2 Å². The summed E-state index contributed by atoms with van der Waals surface area (Å²) in [6.45, 7) is 0. The first-order valence-electron chi connectivity index (χ1n) is 6.85. The van der Waals surface area contributed by atoms with Gasteiger partial charge in [0.1, 0.15) is 6.10 Å². The molecule has 2 aromatic rings. The van der Waals surface area contributed by atoms with E-state index in [1.807, 2.05) is 30.3 Å². The molecule has 1 fully saturated rings. The second-order valence-corrected chi connectivity index (χ2v) is 7.34. The standard InChI is InChI=1S/C16H13NO4S/c1-17-16(15(21-16)11-7-3-2-4-8-11)14(18)12-9-5-6-10-13(12)22(17,19)20/h2-10,15H,1H3. The van der Waals surface area contributed by atoms with Crippen molar-refractivity contribution in [3.8, 4) is 0 Å². The average Bonchev–Trinajstić information content (AvgIpc) is 3.30. The summed E-state index contributed by atoms with van der Waals surface area (Å²) in [6.07, 6.45) is -0.575. The number of sulfonamides is 1. The van der Waals surface area contributed by atoms with Crippen LogP contribution >= 0.6 is 0 Å². The van der Waals surface area contributed by atoms with Crippen molar-refractivity contribution in [3.63, 3.8) is 0 Å². The number of epoxide rings is 1. The maximum Gasteiger partial charge on any atom is 0.246 e. The zero-order chi connectivity index (χ0) is 15.5. The number of Topliss-reactive ketones (excluding diaryl/α,β-unsaturated/α-hetero) is 1. The molecule has 1 spiro atoms. The number of hydrogen-bond acceptors (Lipinski definition) is 4. The topological polar surface area (TPSA) is 67.0 Å². The highest BCUT2D eigenvalue weighted by atomic mass is 32.2. The minimum Gasteiger partial charge on any atom is -0.336 e. The number of benzene rings is 2. The third-order valence-electron chi connectivity index (χ3n) is 4.26. The van der Waals surface area contributed by atoms with Crippen LogP contribution in [0.15, 0.2) is 59.5 Å². The Labute approximate surface area is 128 Å². The van der Waals surface area contributed by atoms with Crippen LogP contribution in [0, 0.1) is 0 Å². The lowest BCUT2D eigenvalue weighted by Gasteiger charge is -2.30. The van der Waals surface area contributed by atoms with E-state index in [2.05, 4.69) is 0 Å². The van der Waals surface area contributed by atoms with E-state index in [4.69, 9.17) is 4.74 Å². The van der Waals surface area contributed by atoms with Crippen molar-refractivity contribution >= 4 is 15.8 Å². The maximum absolute atomic E-state index is 12.9. The number of likely N-dealkylation sites (N-methyl/N-ethyl adjacent to an activating group) is 1. The average molecular weight is 315 g/mol. The SMILES string of the molecule is CN1C2(OC2c2ccccc2)C(=O)c2ccccc2S1(=O)=O. The molecule has 0 N–H and O–H groups in total. The van der Waals surface area contributed by atoms with Crippen molar-refractivity contribution in [1.29, 1.82) is 0 Å². The Morgan fingerprint density at radius 1 is 1.05 bits per heavy atom. The summed E-state index contributed by atoms with van der Waals surface area (Å²) in [5.41, 5.74) is -0.467. The van der Waals surface area contributed by atoms with Gasteiger partial charge in [0.05, 0.1) is 4.90 Å². The molecule has 2 heterocycles. The van der Waals surface area contributed by atoms with Crippen LogP contribution in [0.1, 0.15) is 22.0 Å². The Balaban J connectivity index is 1.89. The van der Waals surface area contributed by atoms with E-state index in [0.29, 0.717) is 0 Å². The summed E-state index contributed by atoms with van der Waals surface area (Å²) >= 11 is 0. The second-order valence-electron chi connectivity index (χ2n) is 5.40. The number of hydrogen-bond donors (Lipinski definition) is 0. The Hall–Kier alpha value is -2.02. The van der Waals surface area contributed by atoms with Crippen molar-refractivity contribution in [1.82, 2.24) is 4.31 Å². The molecule has 2 aliphatic rings. The largest absolute Gasteiger partial charge is 0.336 e. The predicted molar refractivity (Wildman–Crippen MR) is 78.7 cm³/mol. The van der Waals surface area contributed by atoms with Gasteiger partial charge in [-0.05, 0) is 17.7 Å². The van der Waals surface area contributed by atoms with Crippen molar-refractivity contribution < 1.29 is 17.9 Å². The highest BCUT2D eigenvalue weighted by Crippen LogP contribution is 2.57. The molecule has 0 aromatic heterocycles. The van der Waals surface area contributed by atoms with E-state index in [1.54, 1.807) is 12.1 Å². The molecule has 5 nitrogen and oxygen atoms in total. The molecule has 2 unspecified atom stereocenters. The van der Waals surface area contributed by atoms with Crippen LogP contribution < -0.4 is 0 Å². The summed E-state index contributed by atoms with van der Waals surface area (Å²) in [7, 11) is -2.36. The van der Waals surface area contributed by atoms with Crippen molar-refractivity contribution in [3.05, 3.63) is 65.7 Å². The van der Waals surface area contributed by atoms with Crippen LogP contribution in [0.25, 0.3) is 0 Å². The monoisotopic (exact) mass is 315 g/mol. The maximum atomic E-state index is 12.9. The normalized spacial score (nSPS) is 29.3. The van der Waals surface area contributed by atoms with Crippen molar-refractivity contribution in [2.75, 3.05) is 7.05 Å². The molecule has 0 bridgehead atoms. The third-order valence-corrected chi connectivity index (χ3v) is 6.17. The fourth-order valence-corrected chi connectivity index (χ4v) is 4.58. The van der Waals surface area contributed by atoms with Crippen LogP contribution in [0.4, 0.5) is 0 Å². The van der Waals surface area contributed by atoms with Gasteiger partial charge in [-0.2, -0.15) is 4.31 Å². The molecule has 0 aliphatic carbocycles. The first kappa shape index (κ1) is 13.6. The summed E-state index contributed by atoms with van der Waals surface area (Å²) in [5, 5.41) is 0. The van der Waals surface area contributed by atoms with Gasteiger partial charge in [-0.3, -0.25) is 4.79 Å². The van der Waals surface area contributed by atoms with Crippen LogP contribution in [0.3, 0.4) is 0 Å². The fourth-order valence-electron chi connectivity index (χ4n) is 3.02. The van der Waals surface area contributed by atoms with Crippen LogP contribution in [0.5, 0.6) is 0 Å². The van der Waals surface area contributed by atoms with Gasteiger partial charge in [0, 0.05) is 12.6 Å². The molecular weight excluding hydrogens is 302 g/mol. The number of carbonyl (C=O) groups excluding carboxylic acids is 1. The predicted octanol–water partition coefficient (Wildman–Crippen LogP) is 1.97. The van der Waals surface area contributed by atoms with Gasteiger partial charge in [0.15, 0.2) is 0 Å². The third kappa shape index (κ3) is 1.54. The summed E-state index contributed by atoms with van der Waals surface area (Å²) in [6, 6.07) is 15.4. The van der Waals surface area contributed by atoms with Gasteiger partial charge in [-0.1, -0.05) is 42.5 Å². The van der Waals surface area contributed by atoms with Crippen molar-refractivity contribution in [2.24, 2.45) is 0 Å². The molecule has 4 rings (SSSR count). The lowest BCUT2D eigenvalue weighted by Crippen LogP contribution is -2.50. The first-order chi connectivity index (χ1) is 10.5. The molecule has 0 amide bonds. The van der Waals surface area contributed by atoms with E-state index < -0.39 is 21.9 Å².